The van der Waals surface area contributed by atoms with E-state index in [1.54, 1.807) is 49.6 Å². The molecule has 0 saturated carbocycles. The third-order valence-electron chi connectivity index (χ3n) is 4.17. The zero-order chi connectivity index (χ0) is 20.8. The molecular weight excluding hydrogens is 457 g/mol. The highest BCUT2D eigenvalue weighted by Crippen LogP contribution is 2.36. The number of hydrogen-bond donors (Lipinski definition) is 0. The van der Waals surface area contributed by atoms with Crippen LogP contribution < -0.4 is 9.47 Å². The Balaban J connectivity index is 1.88. The lowest BCUT2D eigenvalue weighted by Crippen LogP contribution is -1.98. The van der Waals surface area contributed by atoms with E-state index in [0.29, 0.717) is 34.3 Å². The first kappa shape index (κ1) is 20.9. The molecule has 146 valence electrons. The van der Waals surface area contributed by atoms with Gasteiger partial charge in [-0.15, -0.1) is 0 Å². The standard InChI is InChI=1S/C23H16BrClFNO2/c1-28-22-11-17(10-18(13-27)16-4-8-20(26)9-5-16)21(24)12-23(22)29-14-15-2-6-19(25)7-3-15/h2-12H,14H2,1H3/b18-10+. The fourth-order valence-electron chi connectivity index (χ4n) is 2.64. The van der Waals surface area contributed by atoms with Gasteiger partial charge in [0, 0.05) is 9.50 Å². The largest absolute Gasteiger partial charge is 0.493 e. The van der Waals surface area contributed by atoms with Gasteiger partial charge in [0.2, 0.25) is 0 Å². The molecule has 29 heavy (non-hydrogen) atoms. The normalized spacial score (nSPS) is 11.1. The van der Waals surface area contributed by atoms with E-state index in [2.05, 4.69) is 22.0 Å². The number of halogens is 3. The molecule has 3 nitrogen and oxygen atoms in total. The second-order valence-corrected chi connectivity index (χ2v) is 7.41. The number of hydrogen-bond acceptors (Lipinski definition) is 3. The number of nitriles is 1. The van der Waals surface area contributed by atoms with Crippen molar-refractivity contribution in [3.63, 3.8) is 0 Å². The second-order valence-electron chi connectivity index (χ2n) is 6.12. The highest BCUT2D eigenvalue weighted by atomic mass is 79.9. The van der Waals surface area contributed by atoms with Crippen molar-refractivity contribution in [1.82, 2.24) is 0 Å². The van der Waals surface area contributed by atoms with Crippen LogP contribution in [0.4, 0.5) is 4.39 Å². The molecule has 0 fully saturated rings. The third-order valence-corrected chi connectivity index (χ3v) is 5.10. The molecule has 3 rings (SSSR count). The summed E-state index contributed by atoms with van der Waals surface area (Å²) < 4.78 is 25.2. The summed E-state index contributed by atoms with van der Waals surface area (Å²) in [6, 6.07) is 18.9. The number of benzene rings is 3. The fraction of sp³-hybridized carbons (Fsp3) is 0.0870. The molecule has 3 aromatic carbocycles. The molecule has 0 spiro atoms. The summed E-state index contributed by atoms with van der Waals surface area (Å²) >= 11 is 9.43. The summed E-state index contributed by atoms with van der Waals surface area (Å²) in [7, 11) is 1.55. The zero-order valence-corrected chi connectivity index (χ0v) is 17.8. The van der Waals surface area contributed by atoms with Crippen LogP contribution in [0, 0.1) is 17.1 Å². The summed E-state index contributed by atoms with van der Waals surface area (Å²) in [6.45, 7) is 0.355. The van der Waals surface area contributed by atoms with Gasteiger partial charge in [0.05, 0.1) is 18.8 Å². The van der Waals surface area contributed by atoms with Crippen molar-refractivity contribution >= 4 is 39.2 Å². The van der Waals surface area contributed by atoms with Gasteiger partial charge in [0.1, 0.15) is 12.4 Å². The Hall–Kier alpha value is -2.81. The first-order valence-corrected chi connectivity index (χ1v) is 9.80. The molecule has 0 heterocycles. The number of nitrogens with zero attached hydrogens (tertiary/aromatic N) is 1. The Kier molecular flexibility index (Phi) is 6.92. The first-order valence-electron chi connectivity index (χ1n) is 8.62. The molecule has 0 aliphatic heterocycles. The van der Waals surface area contributed by atoms with Gasteiger partial charge >= 0.3 is 0 Å². The molecule has 0 N–H and O–H groups in total. The van der Waals surface area contributed by atoms with Crippen molar-refractivity contribution in [1.29, 1.82) is 5.26 Å². The molecule has 0 aromatic heterocycles. The van der Waals surface area contributed by atoms with E-state index in [0.717, 1.165) is 15.6 Å². The van der Waals surface area contributed by atoms with E-state index in [-0.39, 0.29) is 5.82 Å². The molecule has 0 aliphatic carbocycles. The Morgan fingerprint density at radius 2 is 1.79 bits per heavy atom. The lowest BCUT2D eigenvalue weighted by Gasteiger charge is -2.13. The van der Waals surface area contributed by atoms with E-state index in [1.807, 2.05) is 12.1 Å². The van der Waals surface area contributed by atoms with Crippen LogP contribution in [0.15, 0.2) is 65.1 Å². The molecule has 6 heteroatoms. The van der Waals surface area contributed by atoms with Crippen molar-refractivity contribution in [3.8, 4) is 17.6 Å². The van der Waals surface area contributed by atoms with Gasteiger partial charge in [0.15, 0.2) is 11.5 Å². The molecular formula is C23H16BrClFNO2. The maximum absolute atomic E-state index is 13.2. The monoisotopic (exact) mass is 471 g/mol. The average Bonchev–Trinajstić information content (AvgIpc) is 2.73. The quantitative estimate of drug-likeness (QED) is 0.290. The number of allylic oxidation sites excluding steroid dienone is 1. The molecule has 0 saturated heterocycles. The van der Waals surface area contributed by atoms with E-state index in [4.69, 9.17) is 21.1 Å². The van der Waals surface area contributed by atoms with Gasteiger partial charge in [0.25, 0.3) is 0 Å². The van der Waals surface area contributed by atoms with Gasteiger partial charge in [-0.05, 0) is 59.2 Å². The van der Waals surface area contributed by atoms with Crippen LogP contribution in [0.3, 0.4) is 0 Å². The molecule has 0 unspecified atom stereocenters. The maximum atomic E-state index is 13.2. The van der Waals surface area contributed by atoms with Crippen LogP contribution in [-0.2, 0) is 6.61 Å². The summed E-state index contributed by atoms with van der Waals surface area (Å²) in [5.74, 6) is 0.743. The summed E-state index contributed by atoms with van der Waals surface area (Å²) in [4.78, 5) is 0. The van der Waals surface area contributed by atoms with Gasteiger partial charge in [-0.3, -0.25) is 0 Å². The van der Waals surface area contributed by atoms with Gasteiger partial charge < -0.3 is 9.47 Å². The van der Waals surface area contributed by atoms with Crippen LogP contribution in [0.2, 0.25) is 5.02 Å². The summed E-state index contributed by atoms with van der Waals surface area (Å²) in [5, 5.41) is 10.2. The molecule has 0 radical (unpaired) electrons. The van der Waals surface area contributed by atoms with Gasteiger partial charge in [-0.25, -0.2) is 4.39 Å². The van der Waals surface area contributed by atoms with Crippen molar-refractivity contribution in [2.75, 3.05) is 7.11 Å². The van der Waals surface area contributed by atoms with Gasteiger partial charge in [-0.1, -0.05) is 51.8 Å². The number of ether oxygens (including phenoxy) is 2. The third kappa shape index (κ3) is 5.38. The number of rotatable bonds is 6. The zero-order valence-electron chi connectivity index (χ0n) is 15.5. The second kappa shape index (κ2) is 9.60. The molecule has 3 aromatic rings. The lowest BCUT2D eigenvalue weighted by atomic mass is 10.0. The van der Waals surface area contributed by atoms with Gasteiger partial charge in [-0.2, -0.15) is 5.26 Å². The van der Waals surface area contributed by atoms with Crippen molar-refractivity contribution in [2.45, 2.75) is 6.61 Å². The topological polar surface area (TPSA) is 42.2 Å². The SMILES string of the molecule is COc1cc(/C=C(\C#N)c2ccc(F)cc2)c(Br)cc1OCc1ccc(Cl)cc1. The van der Waals surface area contributed by atoms with Crippen LogP contribution in [0.5, 0.6) is 11.5 Å². The van der Waals surface area contributed by atoms with E-state index < -0.39 is 0 Å². The molecule has 0 amide bonds. The lowest BCUT2D eigenvalue weighted by molar-refractivity contribution is 0.284. The van der Waals surface area contributed by atoms with Crippen LogP contribution in [0.25, 0.3) is 11.6 Å². The highest BCUT2D eigenvalue weighted by molar-refractivity contribution is 9.10. The Labute approximate surface area is 182 Å². The van der Waals surface area contributed by atoms with E-state index in [1.165, 1.54) is 12.1 Å². The van der Waals surface area contributed by atoms with Crippen LogP contribution >= 0.6 is 27.5 Å². The Morgan fingerprint density at radius 3 is 2.41 bits per heavy atom. The molecule has 0 atom stereocenters. The smallest absolute Gasteiger partial charge is 0.162 e. The first-order chi connectivity index (χ1) is 14.0. The maximum Gasteiger partial charge on any atom is 0.162 e. The fourth-order valence-corrected chi connectivity index (χ4v) is 3.20. The minimum atomic E-state index is -0.351. The van der Waals surface area contributed by atoms with Crippen molar-refractivity contribution < 1.29 is 13.9 Å². The van der Waals surface area contributed by atoms with E-state index >= 15 is 0 Å². The predicted molar refractivity (Wildman–Crippen MR) is 116 cm³/mol. The van der Waals surface area contributed by atoms with Crippen LogP contribution in [0.1, 0.15) is 16.7 Å². The van der Waals surface area contributed by atoms with Crippen molar-refractivity contribution in [2.24, 2.45) is 0 Å². The summed E-state index contributed by atoms with van der Waals surface area (Å²) in [5.41, 5.74) is 2.74. The van der Waals surface area contributed by atoms with Crippen LogP contribution in [-0.4, -0.2) is 7.11 Å². The molecule has 0 aliphatic rings. The molecule has 0 bridgehead atoms. The highest BCUT2D eigenvalue weighted by Gasteiger charge is 2.11. The average molecular weight is 473 g/mol. The number of methoxy groups -OCH3 is 1. The minimum absolute atomic E-state index is 0.351. The Morgan fingerprint density at radius 1 is 1.10 bits per heavy atom. The van der Waals surface area contributed by atoms with Crippen molar-refractivity contribution in [3.05, 3.63) is 92.7 Å². The minimum Gasteiger partial charge on any atom is -0.493 e. The summed E-state index contributed by atoms with van der Waals surface area (Å²) in [6.07, 6.45) is 1.71. The van der Waals surface area contributed by atoms with E-state index in [9.17, 15) is 9.65 Å². The Bertz CT molecular complexity index is 1070. The predicted octanol–water partition coefficient (Wildman–Crippen LogP) is 6.89.